The highest BCUT2D eigenvalue weighted by molar-refractivity contribution is 7.90. The van der Waals surface area contributed by atoms with Crippen LogP contribution in [0.1, 0.15) is 68.3 Å². The average molecular weight is 963 g/mol. The number of carbonyl (C=O) groups is 1. The van der Waals surface area contributed by atoms with E-state index in [1.807, 2.05) is 36.4 Å². The van der Waals surface area contributed by atoms with E-state index in [4.69, 9.17) is 26.1 Å². The van der Waals surface area contributed by atoms with E-state index in [2.05, 4.69) is 55.5 Å². The van der Waals surface area contributed by atoms with E-state index in [1.165, 1.54) is 28.8 Å². The van der Waals surface area contributed by atoms with E-state index >= 15 is 0 Å². The smallest absolute Gasteiger partial charge is 0.312 e. The van der Waals surface area contributed by atoms with Gasteiger partial charge >= 0.3 is 5.69 Å². The van der Waals surface area contributed by atoms with Crippen LogP contribution in [0.3, 0.4) is 0 Å². The fourth-order valence-electron chi connectivity index (χ4n) is 10.3. The highest BCUT2D eigenvalue weighted by Gasteiger charge is 2.32. The predicted molar refractivity (Wildman–Crippen MR) is 262 cm³/mol. The van der Waals surface area contributed by atoms with Gasteiger partial charge in [0, 0.05) is 79.9 Å². The third-order valence-corrected chi connectivity index (χ3v) is 15.8. The number of piperazine rings is 1. The number of nitro benzene ring substituents is 1. The van der Waals surface area contributed by atoms with Gasteiger partial charge < -0.3 is 14.4 Å². The molecule has 6 aromatic rings. The minimum Gasteiger partial charge on any atom is -0.487 e. The molecule has 68 heavy (non-hydrogen) atoms. The van der Waals surface area contributed by atoms with Gasteiger partial charge in [0.25, 0.3) is 15.9 Å². The molecule has 3 aromatic carbocycles. The molecule has 3 aliphatic heterocycles. The molecule has 4 aliphatic rings. The minimum atomic E-state index is -4.60. The molecule has 1 amide bonds. The Labute approximate surface area is 400 Å². The number of rotatable bonds is 13. The van der Waals surface area contributed by atoms with Gasteiger partial charge in [-0.2, -0.15) is 0 Å². The molecule has 3 aromatic heterocycles. The second kappa shape index (κ2) is 18.9. The number of anilines is 1. The normalized spacial score (nSPS) is 19.8. The molecule has 2 N–H and O–H groups in total. The van der Waals surface area contributed by atoms with E-state index in [1.54, 1.807) is 23.1 Å². The maximum Gasteiger partial charge on any atom is 0.312 e. The summed E-state index contributed by atoms with van der Waals surface area (Å²) in [6, 6.07) is 21.2. The lowest BCUT2D eigenvalue weighted by molar-refractivity contribution is -0.386. The molecule has 0 spiro atoms. The molecule has 1 unspecified atom stereocenters. The number of nitro groups is 1. The van der Waals surface area contributed by atoms with Crippen molar-refractivity contribution >= 4 is 66.5 Å². The van der Waals surface area contributed by atoms with Gasteiger partial charge in [-0.3, -0.25) is 34.5 Å². The Kier molecular flexibility index (Phi) is 12.8. The summed E-state index contributed by atoms with van der Waals surface area (Å²) >= 11 is 6.27. The Balaban J connectivity index is 0.875. The van der Waals surface area contributed by atoms with Crippen LogP contribution in [-0.2, 0) is 14.8 Å². The molecular weight excluding hydrogens is 906 g/mol. The maximum absolute atomic E-state index is 14.3. The summed E-state index contributed by atoms with van der Waals surface area (Å²) in [5.74, 6) is -0.735. The minimum absolute atomic E-state index is 0.0267. The van der Waals surface area contributed by atoms with E-state index in [0.717, 1.165) is 120 Å². The number of H-pyrrole nitrogens is 1. The first kappa shape index (κ1) is 45.9. The Morgan fingerprint density at radius 3 is 2.54 bits per heavy atom. The SMILES string of the molecule is CC1(C)CCC(CN2CCN(c3ccc(C(=O)NS(=O)(=O)c4ccc(OCC5CCN(C6CCOC6)CC5)c([N+](=O)[O-])c4)c(-n4[nH]cc5nc6nccc6cc54)c3)CC2)=C(c2ccc(Cl)cc2)C1. The number of likely N-dealkylation sites (tertiary alicyclic amines) is 1. The summed E-state index contributed by atoms with van der Waals surface area (Å²) in [5, 5.41) is 17.1. The van der Waals surface area contributed by atoms with Crippen molar-refractivity contribution in [3.05, 3.63) is 117 Å². The molecular formula is C50H56ClN9O7S. The first-order valence-electron chi connectivity index (χ1n) is 23.5. The number of hydrogen-bond acceptors (Lipinski definition) is 12. The molecule has 356 valence electrons. The highest BCUT2D eigenvalue weighted by Crippen LogP contribution is 2.43. The number of piperidine rings is 1. The number of aromatic nitrogens is 4. The number of pyridine rings is 1. The third-order valence-electron chi connectivity index (χ3n) is 14.3. The summed E-state index contributed by atoms with van der Waals surface area (Å²) in [6.45, 7) is 12.3. The van der Waals surface area contributed by atoms with Crippen LogP contribution in [0.5, 0.6) is 5.75 Å². The van der Waals surface area contributed by atoms with Crippen molar-refractivity contribution in [1.29, 1.82) is 0 Å². The standard InChI is InChI=1S/C50H56ClN9O7S/c1-50(2)16-11-36(42(28-50)34-3-5-37(51)6-4-34)30-56-20-22-58(23-21-56)38-7-9-41(44(26-38)59-45-25-35-12-17-52-48(35)54-43(45)29-53-59)49(61)55-68(64,65)40-8-10-47(46(27-40)60(62)63)67-31-33-13-18-57(19-14-33)39-15-24-66-32-39/h3-10,12,17,25-27,29,33,39,53H,11,13-16,18-24,28,30-32H2,1-2H3,(H,55,61). The number of allylic oxidation sites excluding steroid dienone is 1. The first-order valence-corrected chi connectivity index (χ1v) is 25.3. The molecule has 3 saturated heterocycles. The molecule has 1 aliphatic carbocycles. The molecule has 0 radical (unpaired) electrons. The molecule has 16 nitrogen and oxygen atoms in total. The topological polar surface area (TPSA) is 181 Å². The Bertz CT molecular complexity index is 3000. The summed E-state index contributed by atoms with van der Waals surface area (Å²) in [4.78, 5) is 41.7. The van der Waals surface area contributed by atoms with Crippen LogP contribution >= 0.6 is 11.6 Å². The van der Waals surface area contributed by atoms with Gasteiger partial charge in [0.15, 0.2) is 11.4 Å². The van der Waals surface area contributed by atoms with Crippen molar-refractivity contribution in [1.82, 2.24) is 34.3 Å². The van der Waals surface area contributed by atoms with Gasteiger partial charge in [0.1, 0.15) is 5.52 Å². The fourth-order valence-corrected chi connectivity index (χ4v) is 11.4. The van der Waals surface area contributed by atoms with Gasteiger partial charge in [0.05, 0.1) is 39.8 Å². The van der Waals surface area contributed by atoms with Crippen LogP contribution in [0.25, 0.3) is 33.3 Å². The van der Waals surface area contributed by atoms with Gasteiger partial charge in [-0.15, -0.1) is 0 Å². The lowest BCUT2D eigenvalue weighted by Crippen LogP contribution is -2.47. The molecule has 18 heteroatoms. The van der Waals surface area contributed by atoms with E-state index < -0.39 is 31.4 Å². The third kappa shape index (κ3) is 9.72. The zero-order chi connectivity index (χ0) is 47.2. The maximum atomic E-state index is 14.3. The Hall–Kier alpha value is -5.85. The number of nitrogens with zero attached hydrogens (tertiary/aromatic N) is 7. The van der Waals surface area contributed by atoms with E-state index in [-0.39, 0.29) is 29.3 Å². The van der Waals surface area contributed by atoms with Crippen molar-refractivity contribution in [2.45, 2.75) is 63.3 Å². The summed E-state index contributed by atoms with van der Waals surface area (Å²) < 4.78 is 43.3. The molecule has 10 rings (SSSR count). The van der Waals surface area contributed by atoms with Gasteiger partial charge in [-0.05, 0) is 129 Å². The number of carbonyl (C=O) groups excluding carboxylic acids is 1. The number of halogens is 1. The van der Waals surface area contributed by atoms with Crippen molar-refractivity contribution in [2.75, 3.05) is 70.5 Å². The second-order valence-corrected chi connectivity index (χ2v) is 21.5. The number of amides is 1. The monoisotopic (exact) mass is 961 g/mol. The number of aromatic amines is 1. The zero-order valence-corrected chi connectivity index (χ0v) is 39.9. The van der Waals surface area contributed by atoms with Crippen LogP contribution in [0.15, 0.2) is 95.7 Å². The largest absolute Gasteiger partial charge is 0.487 e. The van der Waals surface area contributed by atoms with Gasteiger partial charge in [-0.25, -0.2) is 23.1 Å². The van der Waals surface area contributed by atoms with Gasteiger partial charge in [0.2, 0.25) is 0 Å². The van der Waals surface area contributed by atoms with E-state index in [9.17, 15) is 23.3 Å². The molecule has 0 bridgehead atoms. The number of nitrogens with one attached hydrogen (secondary N) is 2. The fraction of sp³-hybridized carbons (Fsp3) is 0.420. The number of sulfonamides is 1. The highest BCUT2D eigenvalue weighted by atomic mass is 35.5. The van der Waals surface area contributed by atoms with Crippen molar-refractivity contribution < 1.29 is 27.6 Å². The van der Waals surface area contributed by atoms with Crippen LogP contribution in [-0.4, -0.2) is 120 Å². The zero-order valence-electron chi connectivity index (χ0n) is 38.3. The molecule has 0 saturated carbocycles. The summed E-state index contributed by atoms with van der Waals surface area (Å²) in [5.41, 5.74) is 7.00. The Morgan fingerprint density at radius 1 is 1.00 bits per heavy atom. The number of benzene rings is 3. The van der Waals surface area contributed by atoms with Crippen molar-refractivity contribution in [3.8, 4) is 11.4 Å². The van der Waals surface area contributed by atoms with Crippen molar-refractivity contribution in [3.63, 3.8) is 0 Å². The number of fused-ring (bicyclic) bond motifs is 2. The Morgan fingerprint density at radius 2 is 1.79 bits per heavy atom. The predicted octanol–water partition coefficient (Wildman–Crippen LogP) is 8.25. The first-order chi connectivity index (χ1) is 32.8. The molecule has 6 heterocycles. The quantitative estimate of drug-likeness (QED) is 0.0837. The van der Waals surface area contributed by atoms with Crippen LogP contribution < -0.4 is 14.4 Å². The van der Waals surface area contributed by atoms with Crippen molar-refractivity contribution in [2.24, 2.45) is 11.3 Å². The number of ether oxygens (including phenoxy) is 2. The average Bonchev–Trinajstić information content (AvgIpc) is 4.13. The molecule has 3 fully saturated rings. The number of hydrogen-bond donors (Lipinski definition) is 2. The second-order valence-electron chi connectivity index (χ2n) is 19.4. The van der Waals surface area contributed by atoms with Crippen LogP contribution in [0.2, 0.25) is 5.02 Å². The lowest BCUT2D eigenvalue weighted by atomic mass is 9.72. The van der Waals surface area contributed by atoms with Crippen LogP contribution in [0.4, 0.5) is 11.4 Å². The van der Waals surface area contributed by atoms with E-state index in [0.29, 0.717) is 28.4 Å². The lowest BCUT2D eigenvalue weighted by Gasteiger charge is -2.39. The van der Waals surface area contributed by atoms with Crippen LogP contribution in [0, 0.1) is 21.4 Å². The van der Waals surface area contributed by atoms with Gasteiger partial charge in [-0.1, -0.05) is 43.2 Å². The molecule has 1 atom stereocenters. The summed E-state index contributed by atoms with van der Waals surface area (Å²) in [7, 11) is -4.60. The summed E-state index contributed by atoms with van der Waals surface area (Å²) in [6.07, 6.45) is 9.38.